The zero-order valence-electron chi connectivity index (χ0n) is 8.69. The summed E-state index contributed by atoms with van der Waals surface area (Å²) in [6, 6.07) is 4.03. The van der Waals surface area contributed by atoms with E-state index in [1.165, 1.54) is 5.56 Å². The van der Waals surface area contributed by atoms with Crippen LogP contribution in [0.4, 0.5) is 0 Å². The van der Waals surface area contributed by atoms with Crippen LogP contribution in [0.1, 0.15) is 18.9 Å². The highest BCUT2D eigenvalue weighted by molar-refractivity contribution is 5.07. The molecule has 0 unspecified atom stereocenters. The van der Waals surface area contributed by atoms with Gasteiger partial charge in [0.15, 0.2) is 0 Å². The Morgan fingerprint density at radius 1 is 1.50 bits per heavy atom. The van der Waals surface area contributed by atoms with Crippen molar-refractivity contribution in [3.05, 3.63) is 30.1 Å². The Balaban J connectivity index is 2.40. The lowest BCUT2D eigenvalue weighted by Gasteiger charge is -2.19. The average Bonchev–Trinajstić information content (AvgIpc) is 2.25. The molecule has 78 valence electrons. The Bertz CT molecular complexity index is 238. The highest BCUT2D eigenvalue weighted by atomic mass is 16.3. The van der Waals surface area contributed by atoms with Crippen LogP contribution in [-0.2, 0) is 6.54 Å². The van der Waals surface area contributed by atoms with E-state index in [4.69, 9.17) is 5.11 Å². The van der Waals surface area contributed by atoms with Crippen molar-refractivity contribution >= 4 is 0 Å². The second-order valence-electron chi connectivity index (χ2n) is 3.31. The molecule has 0 fully saturated rings. The average molecular weight is 194 g/mol. The molecule has 14 heavy (non-hydrogen) atoms. The summed E-state index contributed by atoms with van der Waals surface area (Å²) in [7, 11) is 0. The summed E-state index contributed by atoms with van der Waals surface area (Å²) in [5.74, 6) is 0. The Labute approximate surface area is 85.4 Å². The number of aliphatic hydroxyl groups excluding tert-OH is 1. The number of rotatable bonds is 6. The quantitative estimate of drug-likeness (QED) is 0.741. The molecule has 1 rings (SSSR count). The number of aromatic nitrogens is 1. The van der Waals surface area contributed by atoms with Gasteiger partial charge in [0.1, 0.15) is 0 Å². The van der Waals surface area contributed by atoms with E-state index < -0.39 is 0 Å². The molecule has 3 heteroatoms. The van der Waals surface area contributed by atoms with Gasteiger partial charge >= 0.3 is 0 Å². The van der Waals surface area contributed by atoms with Gasteiger partial charge in [0.05, 0.1) is 0 Å². The van der Waals surface area contributed by atoms with Gasteiger partial charge in [0.25, 0.3) is 0 Å². The van der Waals surface area contributed by atoms with E-state index in [-0.39, 0.29) is 6.61 Å². The van der Waals surface area contributed by atoms with Gasteiger partial charge in [-0.2, -0.15) is 0 Å². The minimum absolute atomic E-state index is 0.267. The second-order valence-corrected chi connectivity index (χ2v) is 3.31. The first-order valence-corrected chi connectivity index (χ1v) is 5.09. The third-order valence-electron chi connectivity index (χ3n) is 2.21. The van der Waals surface area contributed by atoms with E-state index in [1.807, 2.05) is 12.3 Å². The number of nitrogens with zero attached hydrogens (tertiary/aromatic N) is 2. The van der Waals surface area contributed by atoms with Crippen molar-refractivity contribution < 1.29 is 5.11 Å². The standard InChI is InChI=1S/C11H18N2O/c1-2-13(7-4-8-14)10-11-5-3-6-12-9-11/h3,5-6,9,14H,2,4,7-8,10H2,1H3. The minimum atomic E-state index is 0.267. The van der Waals surface area contributed by atoms with Gasteiger partial charge in [-0.1, -0.05) is 13.0 Å². The predicted octanol–water partition coefficient (Wildman–Crippen LogP) is 1.29. The molecule has 1 aromatic heterocycles. The molecule has 3 nitrogen and oxygen atoms in total. The lowest BCUT2D eigenvalue weighted by Crippen LogP contribution is -2.24. The zero-order chi connectivity index (χ0) is 10.2. The summed E-state index contributed by atoms with van der Waals surface area (Å²) in [6.45, 7) is 5.28. The maximum atomic E-state index is 8.74. The molecule has 0 saturated carbocycles. The highest BCUT2D eigenvalue weighted by Gasteiger charge is 2.02. The fourth-order valence-electron chi connectivity index (χ4n) is 1.39. The van der Waals surface area contributed by atoms with E-state index in [0.717, 1.165) is 26.1 Å². The maximum absolute atomic E-state index is 8.74. The van der Waals surface area contributed by atoms with Crippen LogP contribution < -0.4 is 0 Å². The molecule has 0 aliphatic carbocycles. The maximum Gasteiger partial charge on any atom is 0.0443 e. The zero-order valence-corrected chi connectivity index (χ0v) is 8.69. The fourth-order valence-corrected chi connectivity index (χ4v) is 1.39. The van der Waals surface area contributed by atoms with Crippen LogP contribution >= 0.6 is 0 Å². The smallest absolute Gasteiger partial charge is 0.0443 e. The number of pyridine rings is 1. The monoisotopic (exact) mass is 194 g/mol. The van der Waals surface area contributed by atoms with Crippen LogP contribution in [0.2, 0.25) is 0 Å². The van der Waals surface area contributed by atoms with E-state index >= 15 is 0 Å². The largest absolute Gasteiger partial charge is 0.396 e. The van der Waals surface area contributed by atoms with Crippen LogP contribution in [-0.4, -0.2) is 34.7 Å². The minimum Gasteiger partial charge on any atom is -0.396 e. The number of hydrogen-bond donors (Lipinski definition) is 1. The Kier molecular flexibility index (Phi) is 5.19. The van der Waals surface area contributed by atoms with Gasteiger partial charge in [-0.05, 0) is 24.6 Å². The van der Waals surface area contributed by atoms with Crippen LogP contribution in [0.25, 0.3) is 0 Å². The van der Waals surface area contributed by atoms with Crippen molar-refractivity contribution in [1.82, 2.24) is 9.88 Å². The summed E-state index contributed by atoms with van der Waals surface area (Å²) >= 11 is 0. The van der Waals surface area contributed by atoms with Gasteiger partial charge < -0.3 is 5.11 Å². The van der Waals surface area contributed by atoms with E-state index in [9.17, 15) is 0 Å². The van der Waals surface area contributed by atoms with Crippen LogP contribution in [0.5, 0.6) is 0 Å². The molecule has 0 spiro atoms. The molecule has 0 amide bonds. The normalized spacial score (nSPS) is 10.8. The molecule has 1 heterocycles. The third-order valence-corrected chi connectivity index (χ3v) is 2.21. The number of aliphatic hydroxyl groups is 1. The Hall–Kier alpha value is -0.930. The first-order valence-electron chi connectivity index (χ1n) is 5.09. The Morgan fingerprint density at radius 3 is 2.93 bits per heavy atom. The molecule has 0 aromatic carbocycles. The summed E-state index contributed by atoms with van der Waals surface area (Å²) in [4.78, 5) is 6.38. The van der Waals surface area contributed by atoms with Gasteiger partial charge in [-0.25, -0.2) is 0 Å². The van der Waals surface area contributed by atoms with Gasteiger partial charge in [-0.3, -0.25) is 9.88 Å². The highest BCUT2D eigenvalue weighted by Crippen LogP contribution is 2.02. The summed E-state index contributed by atoms with van der Waals surface area (Å²) in [5.41, 5.74) is 1.23. The first kappa shape index (κ1) is 11.1. The van der Waals surface area contributed by atoms with Crippen LogP contribution in [0.3, 0.4) is 0 Å². The van der Waals surface area contributed by atoms with Crippen LogP contribution in [0, 0.1) is 0 Å². The fraction of sp³-hybridized carbons (Fsp3) is 0.545. The van der Waals surface area contributed by atoms with E-state index in [1.54, 1.807) is 6.20 Å². The van der Waals surface area contributed by atoms with Gasteiger partial charge in [-0.15, -0.1) is 0 Å². The molecular weight excluding hydrogens is 176 g/mol. The lowest BCUT2D eigenvalue weighted by atomic mass is 10.2. The van der Waals surface area contributed by atoms with Crippen molar-refractivity contribution in [3.63, 3.8) is 0 Å². The number of hydrogen-bond acceptors (Lipinski definition) is 3. The van der Waals surface area contributed by atoms with Crippen molar-refractivity contribution in [3.8, 4) is 0 Å². The molecular formula is C11H18N2O. The molecule has 0 atom stereocenters. The Morgan fingerprint density at radius 2 is 2.36 bits per heavy atom. The second kappa shape index (κ2) is 6.51. The molecule has 0 aliphatic heterocycles. The SMILES string of the molecule is CCN(CCCO)Cc1cccnc1. The molecule has 0 bridgehead atoms. The van der Waals surface area contributed by atoms with Crippen molar-refractivity contribution in [2.75, 3.05) is 19.7 Å². The van der Waals surface area contributed by atoms with Crippen LogP contribution in [0.15, 0.2) is 24.5 Å². The lowest BCUT2D eigenvalue weighted by molar-refractivity contribution is 0.225. The molecule has 1 N–H and O–H groups in total. The summed E-state index contributed by atoms with van der Waals surface area (Å²) in [6.07, 6.45) is 4.52. The van der Waals surface area contributed by atoms with Crippen molar-refractivity contribution in [2.45, 2.75) is 19.9 Å². The van der Waals surface area contributed by atoms with Gasteiger partial charge in [0.2, 0.25) is 0 Å². The molecule has 1 aromatic rings. The topological polar surface area (TPSA) is 36.4 Å². The van der Waals surface area contributed by atoms with E-state index in [0.29, 0.717) is 0 Å². The molecule has 0 radical (unpaired) electrons. The first-order chi connectivity index (χ1) is 6.86. The third kappa shape index (κ3) is 3.85. The van der Waals surface area contributed by atoms with Gasteiger partial charge in [0, 0.05) is 32.1 Å². The molecule has 0 saturated heterocycles. The van der Waals surface area contributed by atoms with Crippen molar-refractivity contribution in [2.24, 2.45) is 0 Å². The molecule has 0 aliphatic rings. The van der Waals surface area contributed by atoms with Crippen molar-refractivity contribution in [1.29, 1.82) is 0 Å². The summed E-state index contributed by atoms with van der Waals surface area (Å²) < 4.78 is 0. The van der Waals surface area contributed by atoms with E-state index in [2.05, 4.69) is 22.9 Å². The summed E-state index contributed by atoms with van der Waals surface area (Å²) in [5, 5.41) is 8.74. The predicted molar refractivity (Wildman–Crippen MR) is 56.9 cm³/mol.